The van der Waals surface area contributed by atoms with E-state index in [1.165, 1.54) is 36.9 Å². The summed E-state index contributed by atoms with van der Waals surface area (Å²) in [6.45, 7) is 4.76. The lowest BCUT2D eigenvalue weighted by molar-refractivity contribution is -0.147. The van der Waals surface area contributed by atoms with E-state index in [-0.39, 0.29) is 17.3 Å². The number of benzene rings is 1. The number of carboxylic acid groups (broad SMARTS) is 1. The lowest BCUT2D eigenvalue weighted by Gasteiger charge is -2.34. The van der Waals surface area contributed by atoms with E-state index in [1.807, 2.05) is 6.07 Å². The Morgan fingerprint density at radius 1 is 1.48 bits per heavy atom. The highest BCUT2D eigenvalue weighted by Gasteiger charge is 2.37. The van der Waals surface area contributed by atoms with Crippen LogP contribution in [-0.2, 0) is 4.79 Å². The highest BCUT2D eigenvalue weighted by molar-refractivity contribution is 6.33. The first-order valence-electron chi connectivity index (χ1n) is 6.25. The van der Waals surface area contributed by atoms with Crippen molar-refractivity contribution < 1.29 is 14.7 Å². The van der Waals surface area contributed by atoms with Crippen molar-refractivity contribution in [1.82, 2.24) is 4.90 Å². The van der Waals surface area contributed by atoms with E-state index in [0.29, 0.717) is 5.56 Å². The average molecular weight is 310 g/mol. The van der Waals surface area contributed by atoms with Crippen LogP contribution in [-0.4, -0.2) is 34.1 Å². The van der Waals surface area contributed by atoms with Gasteiger partial charge in [0.2, 0.25) is 0 Å². The van der Waals surface area contributed by atoms with Crippen molar-refractivity contribution in [2.75, 3.05) is 11.9 Å². The molecule has 6 nitrogen and oxygen atoms in total. The lowest BCUT2D eigenvalue weighted by Crippen LogP contribution is -2.54. The summed E-state index contributed by atoms with van der Waals surface area (Å²) < 4.78 is 0. The van der Waals surface area contributed by atoms with Gasteiger partial charge >= 0.3 is 12.0 Å². The Bertz CT molecular complexity index is 608. The topological polar surface area (TPSA) is 93.4 Å². The number of nitrogens with one attached hydrogen (secondary N) is 1. The second-order valence-corrected chi connectivity index (χ2v) is 5.25. The largest absolute Gasteiger partial charge is 0.480 e. The van der Waals surface area contributed by atoms with Crippen molar-refractivity contribution in [3.05, 3.63) is 28.8 Å². The molecule has 1 aromatic rings. The lowest BCUT2D eigenvalue weighted by atomic mass is 10.0. The first kappa shape index (κ1) is 16.8. The van der Waals surface area contributed by atoms with Gasteiger partial charge in [-0.2, -0.15) is 5.26 Å². The van der Waals surface area contributed by atoms with Crippen molar-refractivity contribution in [3.63, 3.8) is 0 Å². The van der Waals surface area contributed by atoms with E-state index < -0.39 is 17.5 Å². The predicted molar refractivity (Wildman–Crippen MR) is 79.3 cm³/mol. The third-order valence-corrected chi connectivity index (χ3v) is 3.43. The van der Waals surface area contributed by atoms with Gasteiger partial charge < -0.3 is 15.3 Å². The zero-order chi connectivity index (χ0) is 16.2. The molecule has 2 N–H and O–H groups in total. The molecule has 0 unspecified atom stereocenters. The van der Waals surface area contributed by atoms with E-state index >= 15 is 0 Å². The maximum absolute atomic E-state index is 12.3. The highest BCUT2D eigenvalue weighted by atomic mass is 35.5. The average Bonchev–Trinajstić information content (AvgIpc) is 2.41. The summed E-state index contributed by atoms with van der Waals surface area (Å²) in [5, 5.41) is 20.9. The number of hydrogen-bond donors (Lipinski definition) is 2. The van der Waals surface area contributed by atoms with Crippen LogP contribution in [0.1, 0.15) is 26.3 Å². The number of likely N-dealkylation sites (N-methyl/N-ethyl adjacent to an activating group) is 1. The molecule has 0 heterocycles. The molecule has 1 aromatic carbocycles. The molecular weight excluding hydrogens is 294 g/mol. The van der Waals surface area contributed by atoms with Crippen LogP contribution < -0.4 is 5.32 Å². The summed E-state index contributed by atoms with van der Waals surface area (Å²) in [5.41, 5.74) is -0.756. The number of carboxylic acids is 1. The minimum absolute atomic E-state index is 0.209. The number of rotatable bonds is 4. The zero-order valence-electron chi connectivity index (χ0n) is 12.0. The van der Waals surface area contributed by atoms with Crippen LogP contribution in [0.5, 0.6) is 0 Å². The van der Waals surface area contributed by atoms with Crippen LogP contribution in [0.4, 0.5) is 10.5 Å². The molecule has 0 fully saturated rings. The van der Waals surface area contributed by atoms with Gasteiger partial charge in [0.15, 0.2) is 0 Å². The Balaban J connectivity index is 3.05. The summed E-state index contributed by atoms with van der Waals surface area (Å²) in [6, 6.07) is 5.80. The molecule has 0 saturated carbocycles. The predicted octanol–water partition coefficient (Wildman–Crippen LogP) is 2.93. The van der Waals surface area contributed by atoms with E-state index in [1.54, 1.807) is 6.92 Å². The second kappa shape index (κ2) is 6.46. The molecule has 0 bridgehead atoms. The van der Waals surface area contributed by atoms with Gasteiger partial charge in [-0.3, -0.25) is 0 Å². The van der Waals surface area contributed by atoms with Crippen LogP contribution in [0, 0.1) is 11.3 Å². The van der Waals surface area contributed by atoms with E-state index in [9.17, 15) is 14.7 Å². The number of urea groups is 1. The molecule has 0 spiro atoms. The number of halogens is 1. The van der Waals surface area contributed by atoms with Crippen LogP contribution in [0.15, 0.2) is 18.2 Å². The minimum atomic E-state index is -1.36. The van der Waals surface area contributed by atoms with Crippen molar-refractivity contribution in [2.45, 2.75) is 26.3 Å². The molecule has 0 radical (unpaired) electrons. The maximum atomic E-state index is 12.3. The third-order valence-electron chi connectivity index (χ3n) is 3.10. The van der Waals surface area contributed by atoms with Crippen LogP contribution in [0.25, 0.3) is 0 Å². The number of nitrogens with zero attached hydrogens (tertiary/aromatic N) is 2. The van der Waals surface area contributed by atoms with E-state index in [0.717, 1.165) is 0 Å². The summed E-state index contributed by atoms with van der Waals surface area (Å²) in [7, 11) is 0. The molecule has 0 aliphatic rings. The van der Waals surface area contributed by atoms with Gasteiger partial charge in [-0.25, -0.2) is 9.59 Å². The zero-order valence-corrected chi connectivity index (χ0v) is 12.7. The smallest absolute Gasteiger partial charge is 0.329 e. The van der Waals surface area contributed by atoms with Gasteiger partial charge in [-0.1, -0.05) is 11.6 Å². The molecule has 2 amide bonds. The van der Waals surface area contributed by atoms with Gasteiger partial charge in [0.25, 0.3) is 0 Å². The fourth-order valence-corrected chi connectivity index (χ4v) is 1.95. The number of aliphatic carboxylic acids is 1. The molecule has 112 valence electrons. The third kappa shape index (κ3) is 3.64. The van der Waals surface area contributed by atoms with Crippen LogP contribution in [0.3, 0.4) is 0 Å². The SMILES string of the molecule is CCN(C(=O)Nc1cc(C#N)ccc1Cl)C(C)(C)C(=O)O. The molecule has 21 heavy (non-hydrogen) atoms. The van der Waals surface area contributed by atoms with Gasteiger partial charge in [0.1, 0.15) is 5.54 Å². The molecular formula is C14H16ClN3O3. The summed E-state index contributed by atoms with van der Waals surface area (Å²) >= 11 is 5.96. The number of carbonyl (C=O) groups is 2. The van der Waals surface area contributed by atoms with Crippen molar-refractivity contribution in [1.29, 1.82) is 5.26 Å². The van der Waals surface area contributed by atoms with Crippen molar-refractivity contribution >= 4 is 29.3 Å². The quantitative estimate of drug-likeness (QED) is 0.894. The second-order valence-electron chi connectivity index (χ2n) is 4.85. The number of hydrogen-bond acceptors (Lipinski definition) is 3. The Kier molecular flexibility index (Phi) is 5.17. The normalized spacial score (nSPS) is 10.6. The molecule has 0 aliphatic carbocycles. The number of amides is 2. The van der Waals surface area contributed by atoms with Crippen LogP contribution in [0.2, 0.25) is 5.02 Å². The molecule has 7 heteroatoms. The van der Waals surface area contributed by atoms with Crippen molar-refractivity contribution in [2.24, 2.45) is 0 Å². The Morgan fingerprint density at radius 3 is 2.57 bits per heavy atom. The first-order chi connectivity index (χ1) is 9.73. The Hall–Kier alpha value is -2.26. The summed E-state index contributed by atoms with van der Waals surface area (Å²) in [5.74, 6) is -1.11. The number of anilines is 1. The summed E-state index contributed by atoms with van der Waals surface area (Å²) in [4.78, 5) is 24.7. The van der Waals surface area contributed by atoms with Crippen LogP contribution >= 0.6 is 11.6 Å². The van der Waals surface area contributed by atoms with Gasteiger partial charge in [-0.15, -0.1) is 0 Å². The fourth-order valence-electron chi connectivity index (χ4n) is 1.78. The van der Waals surface area contributed by atoms with Gasteiger partial charge in [0, 0.05) is 6.54 Å². The molecule has 0 saturated heterocycles. The molecule has 0 atom stereocenters. The molecule has 1 rings (SSSR count). The number of carbonyl (C=O) groups excluding carboxylic acids is 1. The fraction of sp³-hybridized carbons (Fsp3) is 0.357. The Morgan fingerprint density at radius 2 is 2.10 bits per heavy atom. The minimum Gasteiger partial charge on any atom is -0.480 e. The monoisotopic (exact) mass is 309 g/mol. The standard InChI is InChI=1S/C14H16ClN3O3/c1-4-18(14(2,3)12(19)20)13(21)17-11-7-9(8-16)5-6-10(11)15/h5-7H,4H2,1-3H3,(H,17,21)(H,19,20). The number of nitriles is 1. The highest BCUT2D eigenvalue weighted by Crippen LogP contribution is 2.24. The van der Waals surface area contributed by atoms with E-state index in [4.69, 9.17) is 16.9 Å². The Labute approximate surface area is 127 Å². The van der Waals surface area contributed by atoms with Crippen molar-refractivity contribution in [3.8, 4) is 6.07 Å². The first-order valence-corrected chi connectivity index (χ1v) is 6.63. The van der Waals surface area contributed by atoms with Gasteiger partial charge in [-0.05, 0) is 39.0 Å². The van der Waals surface area contributed by atoms with Gasteiger partial charge in [0.05, 0.1) is 22.3 Å². The van der Waals surface area contributed by atoms with E-state index in [2.05, 4.69) is 5.32 Å². The maximum Gasteiger partial charge on any atom is 0.329 e. The molecule has 0 aromatic heterocycles. The summed E-state index contributed by atoms with van der Waals surface area (Å²) in [6.07, 6.45) is 0. The molecule has 0 aliphatic heterocycles.